The first kappa shape index (κ1) is 17.3. The van der Waals surface area contributed by atoms with E-state index >= 15 is 0 Å². The van der Waals surface area contributed by atoms with E-state index in [0.717, 1.165) is 29.6 Å². The largest absolute Gasteiger partial charge is 0.304 e. The van der Waals surface area contributed by atoms with Crippen LogP contribution in [-0.2, 0) is 0 Å². The van der Waals surface area contributed by atoms with Gasteiger partial charge in [-0.25, -0.2) is 18.7 Å². The van der Waals surface area contributed by atoms with Gasteiger partial charge in [-0.1, -0.05) is 25.3 Å². The molecule has 4 aromatic rings. The third-order valence-electron chi connectivity index (χ3n) is 5.75. The van der Waals surface area contributed by atoms with Gasteiger partial charge in [0.2, 0.25) is 0 Å². The molecule has 5 heteroatoms. The SMILES string of the molecule is Cc1cn2cc(-c3cc(F)c4nc(C5CCCCC5)ccc4c3)cc(F)c2n1. The van der Waals surface area contributed by atoms with Gasteiger partial charge in [-0.05, 0) is 49.6 Å². The fourth-order valence-electron chi connectivity index (χ4n) is 4.34. The molecular weight excluding hydrogens is 356 g/mol. The molecule has 3 nitrogen and oxygen atoms in total. The minimum atomic E-state index is -0.420. The van der Waals surface area contributed by atoms with Crippen LogP contribution in [0.25, 0.3) is 27.7 Å². The Morgan fingerprint density at radius 2 is 1.68 bits per heavy atom. The van der Waals surface area contributed by atoms with Crippen LogP contribution in [0.3, 0.4) is 0 Å². The first-order valence-corrected chi connectivity index (χ1v) is 9.84. The minimum absolute atomic E-state index is 0.279. The van der Waals surface area contributed by atoms with Gasteiger partial charge in [0.15, 0.2) is 11.5 Å². The fraction of sp³-hybridized carbons (Fsp3) is 0.304. The van der Waals surface area contributed by atoms with Crippen molar-refractivity contribution >= 4 is 16.6 Å². The number of nitrogens with zero attached hydrogens (tertiary/aromatic N) is 3. The molecule has 0 saturated heterocycles. The van der Waals surface area contributed by atoms with Crippen LogP contribution in [0.15, 0.2) is 42.7 Å². The standard InChI is InChI=1S/C23H21F2N3/c1-14-12-28-13-18(11-20(25)23(28)26-14)17-9-16-7-8-21(15-5-3-2-4-6-15)27-22(16)19(24)10-17/h7-13,15H,2-6H2,1H3. The molecule has 0 amide bonds. The number of fused-ring (bicyclic) bond motifs is 2. The van der Waals surface area contributed by atoms with Crippen LogP contribution in [-0.4, -0.2) is 14.4 Å². The predicted molar refractivity (Wildman–Crippen MR) is 106 cm³/mol. The lowest BCUT2D eigenvalue weighted by atomic mass is 9.86. The molecule has 3 aromatic heterocycles. The highest BCUT2D eigenvalue weighted by Gasteiger charge is 2.18. The van der Waals surface area contributed by atoms with Crippen molar-refractivity contribution in [2.45, 2.75) is 44.9 Å². The van der Waals surface area contributed by atoms with E-state index in [-0.39, 0.29) is 11.5 Å². The predicted octanol–water partition coefficient (Wildman–Crippen LogP) is 6.18. The quantitative estimate of drug-likeness (QED) is 0.417. The van der Waals surface area contributed by atoms with E-state index in [2.05, 4.69) is 9.97 Å². The van der Waals surface area contributed by atoms with Crippen molar-refractivity contribution in [2.75, 3.05) is 0 Å². The molecular formula is C23H21F2N3. The Morgan fingerprint density at radius 3 is 2.50 bits per heavy atom. The summed E-state index contributed by atoms with van der Waals surface area (Å²) in [5.41, 5.74) is 3.64. The van der Waals surface area contributed by atoms with E-state index in [1.807, 2.05) is 25.1 Å². The highest BCUT2D eigenvalue weighted by Crippen LogP contribution is 2.34. The van der Waals surface area contributed by atoms with E-state index in [9.17, 15) is 8.78 Å². The second-order valence-electron chi connectivity index (χ2n) is 7.79. The van der Waals surface area contributed by atoms with E-state index in [0.29, 0.717) is 22.6 Å². The molecule has 0 atom stereocenters. The van der Waals surface area contributed by atoms with Crippen LogP contribution in [0.4, 0.5) is 8.78 Å². The van der Waals surface area contributed by atoms with Gasteiger partial charge in [0, 0.05) is 35.0 Å². The number of rotatable bonds is 2. The number of pyridine rings is 2. The number of aryl methyl sites for hydroxylation is 1. The molecule has 142 valence electrons. The molecule has 3 heterocycles. The summed E-state index contributed by atoms with van der Waals surface area (Å²) < 4.78 is 31.0. The second kappa shape index (κ2) is 6.66. The van der Waals surface area contributed by atoms with Gasteiger partial charge in [-0.3, -0.25) is 0 Å². The lowest BCUT2D eigenvalue weighted by Crippen LogP contribution is -2.06. The molecule has 0 radical (unpaired) electrons. The van der Waals surface area contributed by atoms with Crippen molar-refractivity contribution in [1.82, 2.24) is 14.4 Å². The van der Waals surface area contributed by atoms with Crippen molar-refractivity contribution in [3.63, 3.8) is 0 Å². The minimum Gasteiger partial charge on any atom is -0.304 e. The van der Waals surface area contributed by atoms with Gasteiger partial charge >= 0.3 is 0 Å². The third-order valence-corrected chi connectivity index (χ3v) is 5.75. The smallest absolute Gasteiger partial charge is 0.173 e. The van der Waals surface area contributed by atoms with Gasteiger partial charge in [-0.2, -0.15) is 0 Å². The zero-order chi connectivity index (χ0) is 19.3. The molecule has 0 aliphatic heterocycles. The highest BCUT2D eigenvalue weighted by atomic mass is 19.1. The molecule has 0 spiro atoms. The van der Waals surface area contributed by atoms with E-state index in [4.69, 9.17) is 0 Å². The van der Waals surface area contributed by atoms with Crippen molar-refractivity contribution in [3.05, 3.63) is 65.7 Å². The molecule has 1 aliphatic carbocycles. The Hall–Kier alpha value is -2.82. The fourth-order valence-corrected chi connectivity index (χ4v) is 4.34. The summed E-state index contributed by atoms with van der Waals surface area (Å²) in [7, 11) is 0. The number of aromatic nitrogens is 3. The summed E-state index contributed by atoms with van der Waals surface area (Å²) in [6.07, 6.45) is 9.50. The molecule has 5 rings (SSSR count). The average Bonchev–Trinajstić information content (AvgIpc) is 3.09. The summed E-state index contributed by atoms with van der Waals surface area (Å²) in [5, 5.41) is 0.733. The van der Waals surface area contributed by atoms with Gasteiger partial charge < -0.3 is 4.40 Å². The molecule has 1 fully saturated rings. The highest BCUT2D eigenvalue weighted by molar-refractivity contribution is 5.85. The Morgan fingerprint density at radius 1 is 0.893 bits per heavy atom. The molecule has 0 N–H and O–H groups in total. The number of hydrogen-bond acceptors (Lipinski definition) is 2. The first-order valence-electron chi connectivity index (χ1n) is 9.84. The summed E-state index contributed by atoms with van der Waals surface area (Å²) >= 11 is 0. The second-order valence-corrected chi connectivity index (χ2v) is 7.79. The van der Waals surface area contributed by atoms with Gasteiger partial charge in [0.25, 0.3) is 0 Å². The van der Waals surface area contributed by atoms with Crippen LogP contribution >= 0.6 is 0 Å². The van der Waals surface area contributed by atoms with Gasteiger partial charge in [0.1, 0.15) is 11.3 Å². The average molecular weight is 377 g/mol. The monoisotopic (exact) mass is 377 g/mol. The maximum absolute atomic E-state index is 14.9. The van der Waals surface area contributed by atoms with Crippen LogP contribution in [0.1, 0.15) is 49.4 Å². The van der Waals surface area contributed by atoms with Crippen LogP contribution in [0, 0.1) is 18.6 Å². The summed E-state index contributed by atoms with van der Waals surface area (Å²) in [6.45, 7) is 1.82. The first-order chi connectivity index (χ1) is 13.6. The number of hydrogen-bond donors (Lipinski definition) is 0. The van der Waals surface area contributed by atoms with E-state index in [1.165, 1.54) is 31.4 Å². The van der Waals surface area contributed by atoms with Crippen molar-refractivity contribution in [3.8, 4) is 11.1 Å². The maximum Gasteiger partial charge on any atom is 0.173 e. The lowest BCUT2D eigenvalue weighted by Gasteiger charge is -2.21. The van der Waals surface area contributed by atoms with E-state index < -0.39 is 5.82 Å². The molecule has 0 bridgehead atoms. The van der Waals surface area contributed by atoms with Crippen molar-refractivity contribution < 1.29 is 8.78 Å². The summed E-state index contributed by atoms with van der Waals surface area (Å²) in [6, 6.07) is 8.69. The normalized spacial score (nSPS) is 15.5. The maximum atomic E-state index is 14.9. The van der Waals surface area contributed by atoms with Gasteiger partial charge in [-0.15, -0.1) is 0 Å². The summed E-state index contributed by atoms with van der Waals surface area (Å²) in [4.78, 5) is 8.81. The van der Waals surface area contributed by atoms with Crippen molar-refractivity contribution in [2.24, 2.45) is 0 Å². The van der Waals surface area contributed by atoms with E-state index in [1.54, 1.807) is 16.8 Å². The Kier molecular flexibility index (Phi) is 4.11. The molecule has 28 heavy (non-hydrogen) atoms. The third kappa shape index (κ3) is 2.95. The number of imidazole rings is 1. The van der Waals surface area contributed by atoms with Crippen LogP contribution in [0.2, 0.25) is 0 Å². The Labute approximate surface area is 162 Å². The Bertz CT molecular complexity index is 1190. The molecule has 1 aromatic carbocycles. The molecule has 0 unspecified atom stereocenters. The number of halogens is 2. The summed E-state index contributed by atoms with van der Waals surface area (Å²) in [5.74, 6) is -0.359. The topological polar surface area (TPSA) is 30.2 Å². The molecule has 1 saturated carbocycles. The van der Waals surface area contributed by atoms with Crippen molar-refractivity contribution in [1.29, 1.82) is 0 Å². The van der Waals surface area contributed by atoms with Crippen LogP contribution < -0.4 is 0 Å². The zero-order valence-electron chi connectivity index (χ0n) is 15.8. The number of benzene rings is 1. The zero-order valence-corrected chi connectivity index (χ0v) is 15.8. The van der Waals surface area contributed by atoms with Crippen LogP contribution in [0.5, 0.6) is 0 Å². The Balaban J connectivity index is 1.59. The molecule has 1 aliphatic rings. The lowest BCUT2D eigenvalue weighted by molar-refractivity contribution is 0.437. The van der Waals surface area contributed by atoms with Gasteiger partial charge in [0.05, 0.1) is 5.69 Å².